The first-order valence-corrected chi connectivity index (χ1v) is 16.1. The smallest absolute Gasteiger partial charge is 0.255 e. The molecule has 0 saturated heterocycles. The van der Waals surface area contributed by atoms with Crippen LogP contribution in [-0.4, -0.2) is 62.0 Å². The molecular formula is C27H40N4O5Si. The van der Waals surface area contributed by atoms with Crippen molar-refractivity contribution in [3.05, 3.63) is 29.6 Å². The quantitative estimate of drug-likeness (QED) is 0.283. The Morgan fingerprint density at radius 3 is 2.19 bits per heavy atom. The molecule has 0 aliphatic carbocycles. The summed E-state index contributed by atoms with van der Waals surface area (Å²) in [7, 11) is 3.47. The number of benzene rings is 1. The zero-order chi connectivity index (χ0) is 27.5. The van der Waals surface area contributed by atoms with Gasteiger partial charge in [-0.1, -0.05) is 19.6 Å². The molecule has 37 heavy (non-hydrogen) atoms. The second-order valence-corrected chi connectivity index (χ2v) is 16.9. The number of aromatic nitrogens is 3. The molecule has 0 fully saturated rings. The summed E-state index contributed by atoms with van der Waals surface area (Å²) < 4.78 is 24.4. The number of ether oxygens (including phenoxy) is 4. The van der Waals surface area contributed by atoms with Gasteiger partial charge in [-0.25, -0.2) is 9.97 Å². The van der Waals surface area contributed by atoms with E-state index in [9.17, 15) is 4.79 Å². The zero-order valence-electron chi connectivity index (χ0n) is 23.7. The van der Waals surface area contributed by atoms with Crippen LogP contribution in [0.15, 0.2) is 18.3 Å². The Morgan fingerprint density at radius 1 is 1.05 bits per heavy atom. The minimum Gasteiger partial charge on any atom is -0.493 e. The van der Waals surface area contributed by atoms with E-state index in [4.69, 9.17) is 28.9 Å². The van der Waals surface area contributed by atoms with Crippen LogP contribution in [-0.2, 0) is 11.5 Å². The van der Waals surface area contributed by atoms with E-state index in [1.54, 1.807) is 27.5 Å². The molecule has 9 nitrogen and oxygen atoms in total. The summed E-state index contributed by atoms with van der Waals surface area (Å²) in [5, 5.41) is 3.07. The van der Waals surface area contributed by atoms with Gasteiger partial charge >= 0.3 is 0 Å². The number of nitrogens with one attached hydrogen (secondary N) is 1. The highest BCUT2D eigenvalue weighted by atomic mass is 28.3. The molecule has 202 valence electrons. The van der Waals surface area contributed by atoms with Crippen molar-refractivity contribution in [3.63, 3.8) is 0 Å². The summed E-state index contributed by atoms with van der Waals surface area (Å²) in [4.78, 5) is 23.1. The molecular weight excluding hydrogens is 488 g/mol. The molecule has 2 heterocycles. The summed E-state index contributed by atoms with van der Waals surface area (Å²) in [6.07, 6.45) is 1.69. The molecule has 1 amide bonds. The standard InChI is InChI=1S/C27H40N4O5Si/c1-17-22(26(32)30-27(2,3)4)23-25(31(17)16-36-11-12-37(8,9)10)28-15-19(29-23)18-13-20(33-5)24(35-7)21(14-18)34-6/h13-15H,11-12,16H2,1-10H3,(H,30,32). The summed E-state index contributed by atoms with van der Waals surface area (Å²) >= 11 is 0. The van der Waals surface area contributed by atoms with Crippen LogP contribution in [0.4, 0.5) is 0 Å². The second kappa shape index (κ2) is 11.1. The van der Waals surface area contributed by atoms with Crippen LogP contribution in [0.3, 0.4) is 0 Å². The van der Waals surface area contributed by atoms with Gasteiger partial charge in [0.2, 0.25) is 5.75 Å². The molecule has 3 rings (SSSR count). The van der Waals surface area contributed by atoms with Gasteiger partial charge in [-0.05, 0) is 45.9 Å². The third kappa shape index (κ3) is 6.61. The van der Waals surface area contributed by atoms with E-state index in [0.29, 0.717) is 53.0 Å². The monoisotopic (exact) mass is 528 g/mol. The molecule has 0 bridgehead atoms. The summed E-state index contributed by atoms with van der Waals surface area (Å²) in [6.45, 7) is 15.7. The Balaban J connectivity index is 2.13. The third-order valence-electron chi connectivity index (χ3n) is 5.91. The number of carbonyl (C=O) groups excluding carboxylic acids is 1. The summed E-state index contributed by atoms with van der Waals surface area (Å²) in [6, 6.07) is 4.68. The fraction of sp³-hybridized carbons (Fsp3) is 0.519. The van der Waals surface area contributed by atoms with E-state index in [-0.39, 0.29) is 5.91 Å². The van der Waals surface area contributed by atoms with Crippen molar-refractivity contribution in [2.24, 2.45) is 0 Å². The Hall–Kier alpha value is -3.11. The number of hydrogen-bond acceptors (Lipinski definition) is 7. The van der Waals surface area contributed by atoms with Gasteiger partial charge in [0.1, 0.15) is 12.2 Å². The SMILES string of the molecule is COc1cc(-c2cnc3c(n2)c(C(=O)NC(C)(C)C)c(C)n3COCC[Si](C)(C)C)cc(OC)c1OC. The lowest BCUT2D eigenvalue weighted by molar-refractivity contribution is 0.0874. The number of hydrogen-bond donors (Lipinski definition) is 1. The molecule has 3 aromatic rings. The van der Waals surface area contributed by atoms with Gasteiger partial charge < -0.3 is 28.8 Å². The van der Waals surface area contributed by atoms with Crippen molar-refractivity contribution < 1.29 is 23.7 Å². The summed E-state index contributed by atoms with van der Waals surface area (Å²) in [5.74, 6) is 1.31. The first kappa shape index (κ1) is 28.5. The van der Waals surface area contributed by atoms with E-state index in [2.05, 4.69) is 25.0 Å². The van der Waals surface area contributed by atoms with Crippen molar-refractivity contribution in [2.45, 2.75) is 65.6 Å². The van der Waals surface area contributed by atoms with Crippen LogP contribution in [0.2, 0.25) is 25.7 Å². The second-order valence-electron chi connectivity index (χ2n) is 11.3. The maximum absolute atomic E-state index is 13.4. The number of carbonyl (C=O) groups is 1. The lowest BCUT2D eigenvalue weighted by atomic mass is 10.1. The minimum absolute atomic E-state index is 0.202. The molecule has 10 heteroatoms. The van der Waals surface area contributed by atoms with Crippen LogP contribution in [0.5, 0.6) is 17.2 Å². The highest BCUT2D eigenvalue weighted by molar-refractivity contribution is 6.76. The predicted octanol–water partition coefficient (Wildman–Crippen LogP) is 5.27. The molecule has 1 aromatic carbocycles. The minimum atomic E-state index is -1.23. The van der Waals surface area contributed by atoms with Crippen molar-refractivity contribution >= 4 is 25.1 Å². The molecule has 0 atom stereocenters. The van der Waals surface area contributed by atoms with Gasteiger partial charge in [0.25, 0.3) is 5.91 Å². The number of rotatable bonds is 10. The van der Waals surface area contributed by atoms with Crippen LogP contribution in [0.25, 0.3) is 22.4 Å². The van der Waals surface area contributed by atoms with Crippen molar-refractivity contribution in [3.8, 4) is 28.5 Å². The molecule has 0 saturated carbocycles. The van der Waals surface area contributed by atoms with Crippen molar-refractivity contribution in [2.75, 3.05) is 27.9 Å². The highest BCUT2D eigenvalue weighted by Gasteiger charge is 2.26. The van der Waals surface area contributed by atoms with Crippen molar-refractivity contribution in [1.29, 1.82) is 0 Å². The summed E-state index contributed by atoms with van der Waals surface area (Å²) in [5.41, 5.74) is 3.25. The molecule has 0 aliphatic heterocycles. The first-order chi connectivity index (χ1) is 17.3. The van der Waals surface area contributed by atoms with Gasteiger partial charge in [-0.15, -0.1) is 0 Å². The number of fused-ring (bicyclic) bond motifs is 1. The number of nitrogens with zero attached hydrogens (tertiary/aromatic N) is 3. The maximum atomic E-state index is 13.4. The fourth-order valence-electron chi connectivity index (χ4n) is 3.95. The number of methoxy groups -OCH3 is 3. The van der Waals surface area contributed by atoms with Gasteiger partial charge in [-0.2, -0.15) is 0 Å². The van der Waals surface area contributed by atoms with E-state index < -0.39 is 13.6 Å². The molecule has 0 radical (unpaired) electrons. The highest BCUT2D eigenvalue weighted by Crippen LogP contribution is 2.41. The van der Waals surface area contributed by atoms with E-state index in [1.165, 1.54) is 0 Å². The van der Waals surface area contributed by atoms with Gasteiger partial charge in [0, 0.05) is 31.5 Å². The van der Waals surface area contributed by atoms with Gasteiger partial charge in [0.15, 0.2) is 17.1 Å². The average Bonchev–Trinajstić information content (AvgIpc) is 3.09. The zero-order valence-corrected chi connectivity index (χ0v) is 24.7. The lowest BCUT2D eigenvalue weighted by Crippen LogP contribution is -2.40. The van der Waals surface area contributed by atoms with Gasteiger partial charge in [0.05, 0.1) is 38.8 Å². The molecule has 0 aliphatic rings. The fourth-order valence-corrected chi connectivity index (χ4v) is 4.71. The topological polar surface area (TPSA) is 96.7 Å². The third-order valence-corrected chi connectivity index (χ3v) is 7.61. The lowest BCUT2D eigenvalue weighted by Gasteiger charge is -2.20. The average molecular weight is 529 g/mol. The normalized spacial score (nSPS) is 12.1. The van der Waals surface area contributed by atoms with Crippen molar-refractivity contribution in [1.82, 2.24) is 19.9 Å². The first-order valence-electron chi connectivity index (χ1n) is 12.4. The van der Waals surface area contributed by atoms with Gasteiger partial charge in [-0.3, -0.25) is 4.79 Å². The number of amides is 1. The van der Waals surface area contributed by atoms with Crippen LogP contribution in [0.1, 0.15) is 36.8 Å². The van der Waals surface area contributed by atoms with Crippen LogP contribution < -0.4 is 19.5 Å². The molecule has 1 N–H and O–H groups in total. The molecule has 0 spiro atoms. The van der Waals surface area contributed by atoms with E-state index in [0.717, 1.165) is 17.3 Å². The van der Waals surface area contributed by atoms with Crippen LogP contribution >= 0.6 is 0 Å². The Kier molecular flexibility index (Phi) is 8.54. The van der Waals surface area contributed by atoms with E-state index in [1.807, 2.05) is 44.4 Å². The Morgan fingerprint density at radius 2 is 1.68 bits per heavy atom. The Bertz CT molecular complexity index is 1250. The predicted molar refractivity (Wildman–Crippen MR) is 149 cm³/mol. The largest absolute Gasteiger partial charge is 0.493 e. The van der Waals surface area contributed by atoms with E-state index >= 15 is 0 Å². The molecule has 2 aromatic heterocycles. The Labute approximate surface area is 220 Å². The maximum Gasteiger partial charge on any atom is 0.255 e. The van der Waals surface area contributed by atoms with Crippen LogP contribution in [0, 0.1) is 6.92 Å². The molecule has 0 unspecified atom stereocenters.